The van der Waals surface area contributed by atoms with Gasteiger partial charge < -0.3 is 15.4 Å². The van der Waals surface area contributed by atoms with Gasteiger partial charge in [0.25, 0.3) is 0 Å². The number of hydrogen-bond acceptors (Lipinski definition) is 5. The van der Waals surface area contributed by atoms with Gasteiger partial charge >= 0.3 is 6.18 Å². The third-order valence-electron chi connectivity index (χ3n) is 3.54. The number of alkyl halides is 3. The minimum Gasteiger partial charge on any atom is -0.454 e. The second-order valence-corrected chi connectivity index (χ2v) is 6.11. The lowest BCUT2D eigenvalue weighted by Gasteiger charge is -2.12. The molecule has 0 aliphatic heterocycles. The molecule has 0 amide bonds. The predicted octanol–water partition coefficient (Wildman–Crippen LogP) is 5.12. The Balaban J connectivity index is 0.000000407. The zero-order chi connectivity index (χ0) is 23.4. The summed E-state index contributed by atoms with van der Waals surface area (Å²) < 4.78 is 56.3. The first-order chi connectivity index (χ1) is 14.7. The maximum absolute atomic E-state index is 13.6. The number of nitrogens with one attached hydrogen (secondary N) is 2. The molecule has 0 unspecified atom stereocenters. The molecule has 0 aliphatic rings. The summed E-state index contributed by atoms with van der Waals surface area (Å²) in [5, 5.41) is 5.80. The lowest BCUT2D eigenvalue weighted by molar-refractivity contribution is -0.137. The van der Waals surface area contributed by atoms with E-state index in [2.05, 4.69) is 10.6 Å². The van der Waals surface area contributed by atoms with Crippen LogP contribution in [0.3, 0.4) is 0 Å². The number of likely N-dealkylation sites (N-methyl/N-ethyl adjacent to an activating group) is 1. The number of carbonyl (C=O) groups excluding carboxylic acids is 2. The van der Waals surface area contributed by atoms with Crippen LogP contribution in [-0.2, 0) is 11.0 Å². The van der Waals surface area contributed by atoms with Gasteiger partial charge in [0, 0.05) is 30.9 Å². The van der Waals surface area contributed by atoms with Crippen molar-refractivity contribution in [3.63, 3.8) is 0 Å². The largest absolute Gasteiger partial charge is 0.454 e. The number of halogens is 5. The van der Waals surface area contributed by atoms with Crippen LogP contribution in [0, 0.1) is 5.82 Å². The van der Waals surface area contributed by atoms with Crippen molar-refractivity contribution in [2.24, 2.45) is 0 Å². The third-order valence-corrected chi connectivity index (χ3v) is 3.78. The van der Waals surface area contributed by atoms with Crippen LogP contribution in [0.2, 0.25) is 5.02 Å². The van der Waals surface area contributed by atoms with Gasteiger partial charge in [-0.3, -0.25) is 9.59 Å². The molecule has 2 rings (SSSR count). The molecule has 10 heteroatoms. The summed E-state index contributed by atoms with van der Waals surface area (Å²) in [5.41, 5.74) is -0.544. The number of aldehydes is 2. The number of allylic oxidation sites excluding steroid dienone is 2. The highest BCUT2D eigenvalue weighted by Gasteiger charge is 2.31. The summed E-state index contributed by atoms with van der Waals surface area (Å²) in [6.07, 6.45) is 1.33. The van der Waals surface area contributed by atoms with E-state index in [1.807, 2.05) is 0 Å². The van der Waals surface area contributed by atoms with Crippen molar-refractivity contribution in [3.8, 4) is 11.5 Å². The molecule has 2 aromatic rings. The zero-order valence-corrected chi connectivity index (χ0v) is 17.2. The van der Waals surface area contributed by atoms with Crippen LogP contribution in [0.1, 0.15) is 15.9 Å². The Kier molecular flexibility index (Phi) is 10.3. The maximum Gasteiger partial charge on any atom is 0.416 e. The second kappa shape index (κ2) is 12.4. The van der Waals surface area contributed by atoms with Crippen LogP contribution >= 0.6 is 11.6 Å². The highest BCUT2D eigenvalue weighted by molar-refractivity contribution is 6.30. The average Bonchev–Trinajstić information content (AvgIpc) is 2.73. The Morgan fingerprint density at radius 3 is 2.26 bits per heavy atom. The molecule has 2 aromatic carbocycles. The van der Waals surface area contributed by atoms with E-state index in [1.54, 1.807) is 26.4 Å². The number of hydrogen-bond donors (Lipinski definition) is 2. The zero-order valence-electron chi connectivity index (χ0n) is 16.5. The van der Waals surface area contributed by atoms with Crippen LogP contribution in [-0.4, -0.2) is 26.7 Å². The van der Waals surface area contributed by atoms with Crippen molar-refractivity contribution in [2.75, 3.05) is 14.1 Å². The summed E-state index contributed by atoms with van der Waals surface area (Å²) >= 11 is 5.57. The summed E-state index contributed by atoms with van der Waals surface area (Å²) in [6.45, 7) is 0. The molecule has 0 aliphatic carbocycles. The molecule has 0 fully saturated rings. The normalized spacial score (nSPS) is 11.4. The molecule has 0 spiro atoms. The first-order valence-corrected chi connectivity index (χ1v) is 9.00. The van der Waals surface area contributed by atoms with Gasteiger partial charge in [0.15, 0.2) is 17.9 Å². The van der Waals surface area contributed by atoms with Crippen molar-refractivity contribution in [2.45, 2.75) is 6.18 Å². The molecule has 0 radical (unpaired) electrons. The number of benzene rings is 2. The molecule has 5 nitrogen and oxygen atoms in total. The fourth-order valence-corrected chi connectivity index (χ4v) is 2.21. The van der Waals surface area contributed by atoms with Crippen LogP contribution in [0.5, 0.6) is 11.5 Å². The standard InChI is InChI=1S/C14H7ClF4O2.C7H12N2O/c15-10-2-4-13(11(16)6-10)21-12-3-1-9(14(17,18)19)5-8(12)7-20;1-8-5-3-7(9-2)4-6-10/h1-7H;3-6,8-9H,1-2H3/b;5-3-,7-4+. The lowest BCUT2D eigenvalue weighted by atomic mass is 10.1. The van der Waals surface area contributed by atoms with E-state index < -0.39 is 17.6 Å². The van der Waals surface area contributed by atoms with Gasteiger partial charge in [-0.05, 0) is 48.7 Å². The van der Waals surface area contributed by atoms with Gasteiger partial charge in [0.2, 0.25) is 0 Å². The van der Waals surface area contributed by atoms with Gasteiger partial charge in [-0.2, -0.15) is 13.2 Å². The van der Waals surface area contributed by atoms with Crippen molar-refractivity contribution in [3.05, 3.63) is 82.4 Å². The quantitative estimate of drug-likeness (QED) is 0.261. The van der Waals surface area contributed by atoms with E-state index >= 15 is 0 Å². The Morgan fingerprint density at radius 2 is 1.74 bits per heavy atom. The van der Waals surface area contributed by atoms with E-state index in [4.69, 9.17) is 16.3 Å². The van der Waals surface area contributed by atoms with Crippen LogP contribution in [0.4, 0.5) is 17.6 Å². The maximum atomic E-state index is 13.6. The SMILES string of the molecule is CN/C=C\C(=C/C=O)NC.O=Cc1cc(C(F)(F)F)ccc1Oc1ccc(Cl)cc1F. The first kappa shape index (κ1) is 25.7. The fraction of sp³-hybridized carbons (Fsp3) is 0.143. The summed E-state index contributed by atoms with van der Waals surface area (Å²) in [6, 6.07) is 5.89. The number of carbonyl (C=O) groups is 2. The number of ether oxygens (including phenoxy) is 1. The minimum atomic E-state index is -4.58. The summed E-state index contributed by atoms with van der Waals surface area (Å²) in [4.78, 5) is 20.8. The van der Waals surface area contributed by atoms with E-state index in [0.29, 0.717) is 6.07 Å². The highest BCUT2D eigenvalue weighted by Crippen LogP contribution is 2.34. The minimum absolute atomic E-state index is 0.142. The smallest absolute Gasteiger partial charge is 0.416 e. The molecular formula is C21H19ClF4N2O3. The van der Waals surface area contributed by atoms with Crippen molar-refractivity contribution in [1.29, 1.82) is 0 Å². The van der Waals surface area contributed by atoms with Gasteiger partial charge in [0.05, 0.1) is 11.1 Å². The van der Waals surface area contributed by atoms with E-state index in [9.17, 15) is 27.2 Å². The summed E-state index contributed by atoms with van der Waals surface area (Å²) in [7, 11) is 3.56. The molecule has 0 aromatic heterocycles. The lowest BCUT2D eigenvalue weighted by Crippen LogP contribution is -2.06. The molecular weight excluding hydrogens is 440 g/mol. The van der Waals surface area contributed by atoms with Crippen molar-refractivity contribution >= 4 is 24.2 Å². The molecule has 0 saturated heterocycles. The van der Waals surface area contributed by atoms with Crippen LogP contribution < -0.4 is 15.4 Å². The topological polar surface area (TPSA) is 67.4 Å². The monoisotopic (exact) mass is 458 g/mol. The van der Waals surface area contributed by atoms with E-state index in [1.165, 1.54) is 18.2 Å². The molecule has 31 heavy (non-hydrogen) atoms. The molecule has 2 N–H and O–H groups in total. The molecule has 0 saturated carbocycles. The Bertz CT molecular complexity index is 960. The third kappa shape index (κ3) is 8.51. The van der Waals surface area contributed by atoms with Gasteiger partial charge in [-0.1, -0.05) is 11.6 Å². The Hall–Kier alpha value is -3.33. The highest BCUT2D eigenvalue weighted by atomic mass is 35.5. The van der Waals surface area contributed by atoms with E-state index in [0.717, 1.165) is 30.2 Å². The van der Waals surface area contributed by atoms with E-state index in [-0.39, 0.29) is 28.4 Å². The predicted molar refractivity (Wildman–Crippen MR) is 110 cm³/mol. The second-order valence-electron chi connectivity index (χ2n) is 5.68. The van der Waals surface area contributed by atoms with Gasteiger partial charge in [-0.25, -0.2) is 4.39 Å². The van der Waals surface area contributed by atoms with Crippen LogP contribution in [0.15, 0.2) is 60.4 Å². The first-order valence-electron chi connectivity index (χ1n) is 8.62. The van der Waals surface area contributed by atoms with Crippen molar-refractivity contribution < 1.29 is 31.9 Å². The molecule has 0 heterocycles. The van der Waals surface area contributed by atoms with Gasteiger partial charge in [-0.15, -0.1) is 0 Å². The molecule has 166 valence electrons. The molecule has 0 bridgehead atoms. The fourth-order valence-electron chi connectivity index (χ4n) is 2.05. The van der Waals surface area contributed by atoms with Crippen LogP contribution in [0.25, 0.3) is 0 Å². The number of rotatable bonds is 7. The van der Waals surface area contributed by atoms with Crippen molar-refractivity contribution in [1.82, 2.24) is 10.6 Å². The molecule has 0 atom stereocenters. The van der Waals surface area contributed by atoms with Gasteiger partial charge in [0.1, 0.15) is 12.0 Å². The summed E-state index contributed by atoms with van der Waals surface area (Å²) in [5.74, 6) is -1.22. The Labute approximate surface area is 181 Å². The Morgan fingerprint density at radius 1 is 1.06 bits per heavy atom. The average molecular weight is 459 g/mol.